The molecule has 19 heavy (non-hydrogen) atoms. The molecule has 1 atom stereocenters. The summed E-state index contributed by atoms with van der Waals surface area (Å²) in [5, 5.41) is 4.05. The van der Waals surface area contributed by atoms with Crippen LogP contribution in [0.25, 0.3) is 0 Å². The Bertz CT molecular complexity index is 484. The first-order chi connectivity index (χ1) is 9.29. The van der Waals surface area contributed by atoms with Crippen molar-refractivity contribution in [2.45, 2.75) is 13.0 Å². The number of hydrogen-bond acceptors (Lipinski definition) is 2. The first-order valence-electron chi connectivity index (χ1n) is 6.47. The van der Waals surface area contributed by atoms with Crippen molar-refractivity contribution in [2.75, 3.05) is 13.1 Å². The molecule has 3 heteroatoms. The van der Waals surface area contributed by atoms with Gasteiger partial charge in [-0.05, 0) is 36.4 Å². The Morgan fingerprint density at radius 2 is 1.74 bits per heavy atom. The Kier molecular flexibility index (Phi) is 5.25. The molecule has 2 rings (SSSR count). The normalized spacial score (nSPS) is 12.1. The van der Waals surface area contributed by atoms with Gasteiger partial charge in [0.1, 0.15) is 11.9 Å². The molecule has 0 spiro atoms. The third-order valence-electron chi connectivity index (χ3n) is 2.84. The maximum atomic E-state index is 6.04. The van der Waals surface area contributed by atoms with E-state index in [-0.39, 0.29) is 6.10 Å². The third-order valence-corrected chi connectivity index (χ3v) is 3.10. The van der Waals surface area contributed by atoms with Crippen LogP contribution in [0.2, 0.25) is 5.02 Å². The molecule has 0 aliphatic heterocycles. The molecule has 0 saturated carbocycles. The van der Waals surface area contributed by atoms with Gasteiger partial charge in [0.2, 0.25) is 0 Å². The van der Waals surface area contributed by atoms with Crippen molar-refractivity contribution in [1.82, 2.24) is 5.32 Å². The quantitative estimate of drug-likeness (QED) is 0.858. The topological polar surface area (TPSA) is 21.3 Å². The lowest BCUT2D eigenvalue weighted by Crippen LogP contribution is -2.24. The minimum absolute atomic E-state index is 0.00215. The molecule has 0 heterocycles. The number of ether oxygens (including phenoxy) is 1. The zero-order chi connectivity index (χ0) is 13.5. The molecule has 0 aromatic heterocycles. The molecule has 1 N–H and O–H groups in total. The monoisotopic (exact) mass is 275 g/mol. The Morgan fingerprint density at radius 1 is 1.05 bits per heavy atom. The van der Waals surface area contributed by atoms with Crippen LogP contribution >= 0.6 is 11.6 Å². The van der Waals surface area contributed by atoms with Crippen molar-refractivity contribution >= 4 is 11.6 Å². The van der Waals surface area contributed by atoms with E-state index in [1.165, 1.54) is 5.56 Å². The van der Waals surface area contributed by atoms with Gasteiger partial charge in [0.25, 0.3) is 0 Å². The highest BCUT2D eigenvalue weighted by Crippen LogP contribution is 2.23. The summed E-state index contributed by atoms with van der Waals surface area (Å²) < 4.78 is 6.04. The van der Waals surface area contributed by atoms with Crippen LogP contribution in [0, 0.1) is 0 Å². The molecule has 0 radical (unpaired) electrons. The maximum Gasteiger partial charge on any atom is 0.136 e. The van der Waals surface area contributed by atoms with E-state index in [0.717, 1.165) is 23.9 Å². The standard InChI is InChI=1S/C16H18ClNO/c1-2-18-12-16(13-6-4-3-5-7-13)19-15-10-8-14(17)9-11-15/h3-11,16,18H,2,12H2,1H3. The van der Waals surface area contributed by atoms with Crippen LogP contribution in [-0.2, 0) is 0 Å². The van der Waals surface area contributed by atoms with E-state index in [4.69, 9.17) is 16.3 Å². The number of rotatable bonds is 6. The van der Waals surface area contributed by atoms with Crippen molar-refractivity contribution in [1.29, 1.82) is 0 Å². The summed E-state index contributed by atoms with van der Waals surface area (Å²) in [5.41, 5.74) is 1.17. The minimum atomic E-state index is 0.00215. The second kappa shape index (κ2) is 7.17. The number of likely N-dealkylation sites (N-methyl/N-ethyl adjacent to an activating group) is 1. The molecule has 2 aromatic carbocycles. The van der Waals surface area contributed by atoms with E-state index in [1.54, 1.807) is 0 Å². The third kappa shape index (κ3) is 4.27. The summed E-state index contributed by atoms with van der Waals surface area (Å²) in [6.07, 6.45) is 0.00215. The molecule has 2 aromatic rings. The van der Waals surface area contributed by atoms with Crippen LogP contribution in [-0.4, -0.2) is 13.1 Å². The average Bonchev–Trinajstić information content (AvgIpc) is 2.46. The Balaban J connectivity index is 2.11. The summed E-state index contributed by atoms with van der Waals surface area (Å²) in [5.74, 6) is 0.830. The highest BCUT2D eigenvalue weighted by atomic mass is 35.5. The van der Waals surface area contributed by atoms with Gasteiger partial charge in [-0.25, -0.2) is 0 Å². The van der Waals surface area contributed by atoms with Crippen LogP contribution in [0.5, 0.6) is 5.75 Å². The highest BCUT2D eigenvalue weighted by Gasteiger charge is 2.12. The van der Waals surface area contributed by atoms with Crippen molar-refractivity contribution in [2.24, 2.45) is 0 Å². The summed E-state index contributed by atoms with van der Waals surface area (Å²) in [4.78, 5) is 0. The molecule has 2 nitrogen and oxygen atoms in total. The molecule has 0 aliphatic rings. The highest BCUT2D eigenvalue weighted by molar-refractivity contribution is 6.30. The van der Waals surface area contributed by atoms with E-state index in [2.05, 4.69) is 24.4 Å². The van der Waals surface area contributed by atoms with E-state index >= 15 is 0 Å². The lowest BCUT2D eigenvalue weighted by molar-refractivity contribution is 0.202. The van der Waals surface area contributed by atoms with Crippen LogP contribution < -0.4 is 10.1 Å². The van der Waals surface area contributed by atoms with Gasteiger partial charge in [-0.1, -0.05) is 48.9 Å². The Morgan fingerprint density at radius 3 is 2.37 bits per heavy atom. The summed E-state index contributed by atoms with van der Waals surface area (Å²) in [7, 11) is 0. The van der Waals surface area contributed by atoms with Crippen LogP contribution in [0.15, 0.2) is 54.6 Å². The van der Waals surface area contributed by atoms with E-state index in [9.17, 15) is 0 Å². The van der Waals surface area contributed by atoms with E-state index in [1.807, 2.05) is 42.5 Å². The maximum absolute atomic E-state index is 6.04. The van der Waals surface area contributed by atoms with Crippen LogP contribution in [0.4, 0.5) is 0 Å². The molecule has 0 amide bonds. The Hall–Kier alpha value is -1.51. The van der Waals surface area contributed by atoms with Crippen LogP contribution in [0.3, 0.4) is 0 Å². The lowest BCUT2D eigenvalue weighted by atomic mass is 10.1. The second-order valence-corrected chi connectivity index (χ2v) is 4.72. The smallest absolute Gasteiger partial charge is 0.136 e. The zero-order valence-corrected chi connectivity index (χ0v) is 11.7. The number of hydrogen-bond donors (Lipinski definition) is 1. The van der Waals surface area contributed by atoms with Crippen molar-refractivity contribution in [3.8, 4) is 5.75 Å². The first-order valence-corrected chi connectivity index (χ1v) is 6.85. The van der Waals surface area contributed by atoms with Gasteiger partial charge in [0, 0.05) is 11.6 Å². The van der Waals surface area contributed by atoms with Gasteiger partial charge in [-0.2, -0.15) is 0 Å². The SMILES string of the molecule is CCNCC(Oc1ccc(Cl)cc1)c1ccccc1. The molecule has 0 saturated heterocycles. The fourth-order valence-electron chi connectivity index (χ4n) is 1.85. The molecular weight excluding hydrogens is 258 g/mol. The lowest BCUT2D eigenvalue weighted by Gasteiger charge is -2.20. The van der Waals surface area contributed by atoms with Gasteiger partial charge in [0.15, 0.2) is 0 Å². The van der Waals surface area contributed by atoms with Crippen LogP contribution in [0.1, 0.15) is 18.6 Å². The van der Waals surface area contributed by atoms with E-state index in [0.29, 0.717) is 0 Å². The largest absolute Gasteiger partial charge is 0.484 e. The second-order valence-electron chi connectivity index (χ2n) is 4.28. The fourth-order valence-corrected chi connectivity index (χ4v) is 1.97. The summed E-state index contributed by atoms with van der Waals surface area (Å²) in [6.45, 7) is 3.79. The number of halogens is 1. The Labute approximate surface area is 119 Å². The molecule has 100 valence electrons. The van der Waals surface area contributed by atoms with Gasteiger partial charge in [-0.15, -0.1) is 0 Å². The average molecular weight is 276 g/mol. The van der Waals surface area contributed by atoms with Gasteiger partial charge in [-0.3, -0.25) is 0 Å². The van der Waals surface area contributed by atoms with E-state index < -0.39 is 0 Å². The predicted octanol–water partition coefficient (Wildman–Crippen LogP) is 4.07. The molecular formula is C16H18ClNO. The molecule has 0 aliphatic carbocycles. The first kappa shape index (κ1) is 13.9. The zero-order valence-electron chi connectivity index (χ0n) is 11.0. The number of nitrogens with one attached hydrogen (secondary N) is 1. The summed E-state index contributed by atoms with van der Waals surface area (Å²) in [6, 6.07) is 17.7. The van der Waals surface area contributed by atoms with Crippen molar-refractivity contribution < 1.29 is 4.74 Å². The number of benzene rings is 2. The molecule has 1 unspecified atom stereocenters. The predicted molar refractivity (Wildman–Crippen MR) is 79.8 cm³/mol. The van der Waals surface area contributed by atoms with Gasteiger partial charge >= 0.3 is 0 Å². The fraction of sp³-hybridized carbons (Fsp3) is 0.250. The van der Waals surface area contributed by atoms with Gasteiger partial charge in [0.05, 0.1) is 0 Å². The van der Waals surface area contributed by atoms with Gasteiger partial charge < -0.3 is 10.1 Å². The minimum Gasteiger partial charge on any atom is -0.484 e. The van der Waals surface area contributed by atoms with Crippen molar-refractivity contribution in [3.05, 3.63) is 65.2 Å². The molecule has 0 bridgehead atoms. The molecule has 0 fully saturated rings. The van der Waals surface area contributed by atoms with Crippen molar-refractivity contribution in [3.63, 3.8) is 0 Å². The summed E-state index contributed by atoms with van der Waals surface area (Å²) >= 11 is 5.88.